The van der Waals surface area contributed by atoms with Crippen molar-refractivity contribution < 1.29 is 23.1 Å². The van der Waals surface area contributed by atoms with Crippen molar-refractivity contribution >= 4 is 23.6 Å². The molecule has 0 aliphatic heterocycles. The molecule has 0 radical (unpaired) electrons. The average molecular weight is 383 g/mol. The van der Waals surface area contributed by atoms with E-state index in [-0.39, 0.29) is 24.9 Å². The summed E-state index contributed by atoms with van der Waals surface area (Å²) in [5.74, 6) is -1.24. The minimum absolute atomic E-state index is 0.0166. The normalized spacial score (nSPS) is 11.0. The van der Waals surface area contributed by atoms with Crippen molar-refractivity contribution in [2.45, 2.75) is 49.8 Å². The average Bonchev–Trinajstić information content (AvgIpc) is 2.81. The molecule has 2 rings (SSSR count). The van der Waals surface area contributed by atoms with Crippen LogP contribution in [0.5, 0.6) is 0 Å². The van der Waals surface area contributed by atoms with Gasteiger partial charge in [-0.2, -0.15) is 0 Å². The third-order valence-corrected chi connectivity index (χ3v) is 4.44. The Balaban J connectivity index is 2.52. The number of imidazole rings is 1. The van der Waals surface area contributed by atoms with E-state index in [1.807, 2.05) is 13.8 Å². The monoisotopic (exact) mass is 383 g/mol. The molecule has 0 saturated carbocycles. The Labute approximate surface area is 153 Å². The van der Waals surface area contributed by atoms with Gasteiger partial charge in [0.2, 0.25) is 0 Å². The van der Waals surface area contributed by atoms with Gasteiger partial charge >= 0.3 is 6.09 Å². The molecule has 6 nitrogen and oxygen atoms in total. The highest BCUT2D eigenvalue weighted by Gasteiger charge is 2.22. The van der Waals surface area contributed by atoms with Crippen LogP contribution < -0.4 is 5.73 Å². The molecule has 0 spiro atoms. The number of rotatable bonds is 7. The number of halogens is 2. The zero-order valence-electron chi connectivity index (χ0n) is 14.6. The Morgan fingerprint density at radius 1 is 1.27 bits per heavy atom. The second-order valence-corrected chi connectivity index (χ2v) is 7.04. The highest BCUT2D eigenvalue weighted by atomic mass is 32.2. The van der Waals surface area contributed by atoms with Crippen LogP contribution in [0.4, 0.5) is 13.6 Å². The second kappa shape index (κ2) is 8.31. The van der Waals surface area contributed by atoms with Crippen LogP contribution in [-0.4, -0.2) is 21.4 Å². The fourth-order valence-corrected chi connectivity index (χ4v) is 3.55. The predicted octanol–water partition coefficient (Wildman–Crippen LogP) is 3.62. The number of aromatic nitrogens is 2. The van der Waals surface area contributed by atoms with Gasteiger partial charge in [-0.1, -0.05) is 25.6 Å². The van der Waals surface area contributed by atoms with Crippen molar-refractivity contribution in [1.29, 1.82) is 0 Å². The molecule has 0 unspecified atom stereocenters. The van der Waals surface area contributed by atoms with E-state index < -0.39 is 17.7 Å². The first-order valence-corrected chi connectivity index (χ1v) is 8.64. The number of hydrogen-bond donors (Lipinski definition) is 1. The molecule has 0 aliphatic carbocycles. The molecule has 9 heteroatoms. The van der Waals surface area contributed by atoms with Gasteiger partial charge in [0.25, 0.3) is 0 Å². The molecule has 2 N–H and O–H groups in total. The van der Waals surface area contributed by atoms with Crippen molar-refractivity contribution in [3.63, 3.8) is 0 Å². The van der Waals surface area contributed by atoms with Crippen molar-refractivity contribution in [2.24, 2.45) is 5.73 Å². The number of ether oxygens (including phenoxy) is 1. The minimum Gasteiger partial charge on any atom is -0.442 e. The molecule has 26 heavy (non-hydrogen) atoms. The fraction of sp³-hybridized carbons (Fsp3) is 0.353. The number of nitrogens with two attached hydrogens (primary N) is 1. The fourth-order valence-electron chi connectivity index (χ4n) is 2.32. The van der Waals surface area contributed by atoms with E-state index in [1.165, 1.54) is 19.1 Å². The Morgan fingerprint density at radius 2 is 1.88 bits per heavy atom. The van der Waals surface area contributed by atoms with Crippen molar-refractivity contribution in [1.82, 2.24) is 9.55 Å². The first-order chi connectivity index (χ1) is 12.2. The van der Waals surface area contributed by atoms with Crippen molar-refractivity contribution in [3.8, 4) is 0 Å². The molecule has 0 bridgehead atoms. The molecule has 0 atom stereocenters. The van der Waals surface area contributed by atoms with E-state index in [9.17, 15) is 18.4 Å². The first kappa shape index (κ1) is 19.9. The van der Waals surface area contributed by atoms with E-state index in [2.05, 4.69) is 4.98 Å². The highest BCUT2D eigenvalue weighted by Crippen LogP contribution is 2.35. The minimum atomic E-state index is -0.963. The number of hydrogen-bond acceptors (Lipinski definition) is 5. The zero-order chi connectivity index (χ0) is 19.4. The number of carbonyl (C=O) groups is 2. The van der Waals surface area contributed by atoms with Crippen LogP contribution in [0.3, 0.4) is 0 Å². The Hall–Kier alpha value is -2.42. The van der Waals surface area contributed by atoms with Gasteiger partial charge in [-0.25, -0.2) is 18.6 Å². The Morgan fingerprint density at radius 3 is 2.38 bits per heavy atom. The number of benzene rings is 1. The molecule has 1 amide bonds. The van der Waals surface area contributed by atoms with Crippen LogP contribution in [0.25, 0.3) is 0 Å². The summed E-state index contributed by atoms with van der Waals surface area (Å²) >= 11 is 1.09. The van der Waals surface area contributed by atoms with Crippen LogP contribution in [-0.2, 0) is 22.7 Å². The van der Waals surface area contributed by atoms with Crippen LogP contribution >= 0.6 is 11.8 Å². The summed E-state index contributed by atoms with van der Waals surface area (Å²) in [6.45, 7) is 4.98. The molecule has 2 aromatic rings. The molecule has 140 valence electrons. The van der Waals surface area contributed by atoms with Crippen molar-refractivity contribution in [2.75, 3.05) is 0 Å². The maximum atomic E-state index is 13.5. The predicted molar refractivity (Wildman–Crippen MR) is 91.9 cm³/mol. The van der Waals surface area contributed by atoms with Gasteiger partial charge in [-0.05, 0) is 25.0 Å². The summed E-state index contributed by atoms with van der Waals surface area (Å²) in [5, 5.41) is 0.559. The molecule has 0 aliphatic rings. The Bertz CT molecular complexity index is 817. The van der Waals surface area contributed by atoms with E-state index in [0.717, 1.165) is 17.8 Å². The van der Waals surface area contributed by atoms with Crippen LogP contribution in [0.2, 0.25) is 0 Å². The zero-order valence-corrected chi connectivity index (χ0v) is 15.4. The molecular weight excluding hydrogens is 364 g/mol. The SMILES string of the molecule is CC(=O)Cn1c(COC(N)=O)nc(C(C)C)c1Sc1cc(F)cc(F)c1. The summed E-state index contributed by atoms with van der Waals surface area (Å²) in [5.41, 5.74) is 5.63. The van der Waals surface area contributed by atoms with Gasteiger partial charge in [-0.3, -0.25) is 4.79 Å². The molecule has 1 heterocycles. The quantitative estimate of drug-likeness (QED) is 0.789. The summed E-state index contributed by atoms with van der Waals surface area (Å²) in [7, 11) is 0. The number of ketones is 1. The lowest BCUT2D eigenvalue weighted by molar-refractivity contribution is -0.117. The molecule has 1 aromatic heterocycles. The van der Waals surface area contributed by atoms with Gasteiger partial charge in [-0.15, -0.1) is 0 Å². The summed E-state index contributed by atoms with van der Waals surface area (Å²) in [6.07, 6.45) is -0.963. The molecule has 1 aromatic carbocycles. The van der Waals surface area contributed by atoms with Gasteiger partial charge in [0, 0.05) is 11.0 Å². The smallest absolute Gasteiger partial charge is 0.404 e. The van der Waals surface area contributed by atoms with E-state index in [1.54, 1.807) is 4.57 Å². The lowest BCUT2D eigenvalue weighted by Gasteiger charge is -2.12. The van der Waals surface area contributed by atoms with Gasteiger partial charge in [0.05, 0.1) is 12.2 Å². The number of Topliss-reactive ketones (excluding diaryl/α,β-unsaturated/α-hetero) is 1. The molecular formula is C17H19F2N3O3S. The van der Waals surface area contributed by atoms with Gasteiger partial charge in [0.15, 0.2) is 6.61 Å². The first-order valence-electron chi connectivity index (χ1n) is 7.82. The largest absolute Gasteiger partial charge is 0.442 e. The Kier molecular flexibility index (Phi) is 6.36. The number of nitrogens with zero attached hydrogens (tertiary/aromatic N) is 2. The summed E-state index contributed by atoms with van der Waals surface area (Å²) in [6, 6.07) is 3.18. The van der Waals surface area contributed by atoms with E-state index in [0.29, 0.717) is 21.4 Å². The molecule has 0 fully saturated rings. The van der Waals surface area contributed by atoms with E-state index >= 15 is 0 Å². The second-order valence-electron chi connectivity index (χ2n) is 5.98. The number of amides is 1. The third kappa shape index (κ3) is 5.04. The topological polar surface area (TPSA) is 87.2 Å². The third-order valence-electron chi connectivity index (χ3n) is 3.35. The van der Waals surface area contributed by atoms with Crippen LogP contribution in [0.1, 0.15) is 38.2 Å². The van der Waals surface area contributed by atoms with Gasteiger partial charge in [0.1, 0.15) is 28.3 Å². The van der Waals surface area contributed by atoms with Gasteiger partial charge < -0.3 is 15.0 Å². The lowest BCUT2D eigenvalue weighted by Crippen LogP contribution is -2.17. The van der Waals surface area contributed by atoms with E-state index in [4.69, 9.17) is 10.5 Å². The maximum Gasteiger partial charge on any atom is 0.404 e. The van der Waals surface area contributed by atoms with Crippen LogP contribution in [0.15, 0.2) is 28.1 Å². The highest BCUT2D eigenvalue weighted by molar-refractivity contribution is 7.99. The summed E-state index contributed by atoms with van der Waals surface area (Å²) < 4.78 is 33.4. The van der Waals surface area contributed by atoms with Crippen LogP contribution in [0, 0.1) is 11.6 Å². The number of primary amides is 1. The number of carbonyl (C=O) groups excluding carboxylic acids is 2. The lowest BCUT2D eigenvalue weighted by atomic mass is 10.1. The van der Waals surface area contributed by atoms with Crippen molar-refractivity contribution in [3.05, 3.63) is 41.4 Å². The standard InChI is InChI=1S/C17H19F2N3O3S/c1-9(2)15-16(26-13-5-11(18)4-12(19)6-13)22(7-10(3)23)14(21-15)8-25-17(20)24/h4-6,9H,7-8H2,1-3H3,(H2,20,24). The summed E-state index contributed by atoms with van der Waals surface area (Å²) in [4.78, 5) is 27.4. The maximum absolute atomic E-state index is 13.5. The molecule has 0 saturated heterocycles.